The number of hydrogen-bond acceptors (Lipinski definition) is 3. The van der Waals surface area contributed by atoms with Crippen LogP contribution in [0.25, 0.3) is 0 Å². The summed E-state index contributed by atoms with van der Waals surface area (Å²) in [6.07, 6.45) is 4.17. The molecule has 0 aromatic carbocycles. The zero-order valence-electron chi connectivity index (χ0n) is 11.6. The minimum absolute atomic E-state index is 0.199. The molecule has 3 fully saturated rings. The Bertz CT molecular complexity index is 405. The van der Waals surface area contributed by atoms with Crippen molar-refractivity contribution in [1.29, 1.82) is 0 Å². The molecule has 19 heavy (non-hydrogen) atoms. The third-order valence-electron chi connectivity index (χ3n) is 5.15. The van der Waals surface area contributed by atoms with E-state index in [0.717, 1.165) is 32.5 Å². The van der Waals surface area contributed by atoms with E-state index in [0.29, 0.717) is 16.9 Å². The number of hydrogen-bond donors (Lipinski definition) is 1. The molecule has 3 rings (SSSR count). The van der Waals surface area contributed by atoms with Gasteiger partial charge in [-0.05, 0) is 38.1 Å². The zero-order chi connectivity index (χ0) is 13.6. The van der Waals surface area contributed by atoms with E-state index in [4.69, 9.17) is 18.0 Å². The first kappa shape index (κ1) is 13.3. The molecule has 3 aliphatic rings. The first-order chi connectivity index (χ1) is 9.03. The molecule has 0 aromatic heterocycles. The van der Waals surface area contributed by atoms with E-state index >= 15 is 0 Å². The van der Waals surface area contributed by atoms with Gasteiger partial charge in [-0.3, -0.25) is 9.69 Å². The molecule has 0 aromatic rings. The average Bonchev–Trinajstić information content (AvgIpc) is 2.80. The molecule has 0 spiro atoms. The summed E-state index contributed by atoms with van der Waals surface area (Å²) < 4.78 is 0. The molecule has 0 radical (unpaired) electrons. The third kappa shape index (κ3) is 2.07. The van der Waals surface area contributed by atoms with Gasteiger partial charge in [0.2, 0.25) is 5.91 Å². The molecule has 1 unspecified atom stereocenters. The van der Waals surface area contributed by atoms with Crippen molar-refractivity contribution in [2.24, 2.45) is 17.1 Å². The van der Waals surface area contributed by atoms with Crippen molar-refractivity contribution in [3.63, 3.8) is 0 Å². The highest BCUT2D eigenvalue weighted by Crippen LogP contribution is 2.47. The van der Waals surface area contributed by atoms with E-state index in [-0.39, 0.29) is 5.91 Å². The van der Waals surface area contributed by atoms with E-state index in [2.05, 4.69) is 11.8 Å². The van der Waals surface area contributed by atoms with Gasteiger partial charge in [-0.2, -0.15) is 0 Å². The predicted molar refractivity (Wildman–Crippen MR) is 78.8 cm³/mol. The maximum Gasteiger partial charge on any atom is 0.235 e. The maximum atomic E-state index is 12.8. The van der Waals surface area contributed by atoms with Gasteiger partial charge in [-0.1, -0.05) is 19.1 Å². The van der Waals surface area contributed by atoms with Crippen LogP contribution in [0.2, 0.25) is 0 Å². The normalized spacial score (nSPS) is 38.7. The van der Waals surface area contributed by atoms with E-state index in [1.165, 1.54) is 19.4 Å². The molecule has 1 amide bonds. The van der Waals surface area contributed by atoms with Gasteiger partial charge in [-0.25, -0.2) is 0 Å². The maximum absolute atomic E-state index is 12.8. The number of amides is 1. The fraction of sp³-hybridized carbons (Fsp3) is 0.857. The molecule has 2 saturated heterocycles. The summed E-state index contributed by atoms with van der Waals surface area (Å²) in [5.41, 5.74) is 5.36. The average molecular weight is 281 g/mol. The second-order valence-corrected chi connectivity index (χ2v) is 6.98. The molecule has 2 aliphatic heterocycles. The van der Waals surface area contributed by atoms with Gasteiger partial charge in [0.1, 0.15) is 0 Å². The Morgan fingerprint density at radius 1 is 1.32 bits per heavy atom. The van der Waals surface area contributed by atoms with Crippen LogP contribution >= 0.6 is 12.2 Å². The number of thiocarbonyl (C=S) groups is 1. The van der Waals surface area contributed by atoms with Gasteiger partial charge >= 0.3 is 0 Å². The molecule has 106 valence electrons. The second kappa shape index (κ2) is 4.70. The van der Waals surface area contributed by atoms with Gasteiger partial charge < -0.3 is 10.6 Å². The Morgan fingerprint density at radius 3 is 2.68 bits per heavy atom. The number of carbonyl (C=O) groups is 1. The second-order valence-electron chi connectivity index (χ2n) is 6.54. The van der Waals surface area contributed by atoms with Crippen molar-refractivity contribution in [3.8, 4) is 0 Å². The Labute approximate surface area is 120 Å². The van der Waals surface area contributed by atoms with Crippen molar-refractivity contribution in [2.45, 2.75) is 38.6 Å². The van der Waals surface area contributed by atoms with Crippen LogP contribution in [0.15, 0.2) is 0 Å². The quantitative estimate of drug-likeness (QED) is 0.767. The van der Waals surface area contributed by atoms with Crippen LogP contribution in [-0.2, 0) is 4.79 Å². The van der Waals surface area contributed by atoms with Crippen LogP contribution in [-0.4, -0.2) is 52.9 Å². The standard InChI is InChI=1S/C14H23N3OS/c1-10-7-14(8-10,12(15)19)13(18)17-6-5-16-4-2-3-11(16)9-17/h10-11H,2-9H2,1H3,(H2,15,19). The first-order valence-electron chi connectivity index (χ1n) is 7.36. The summed E-state index contributed by atoms with van der Waals surface area (Å²) >= 11 is 5.19. The molecule has 0 bridgehead atoms. The summed E-state index contributed by atoms with van der Waals surface area (Å²) in [5.74, 6) is 0.767. The van der Waals surface area contributed by atoms with Gasteiger partial charge in [0.05, 0.1) is 10.4 Å². The highest BCUT2D eigenvalue weighted by molar-refractivity contribution is 7.80. The van der Waals surface area contributed by atoms with Crippen LogP contribution in [0.4, 0.5) is 0 Å². The molecule has 2 heterocycles. The summed E-state index contributed by atoms with van der Waals surface area (Å²) in [5, 5.41) is 0. The number of nitrogens with two attached hydrogens (primary N) is 1. The fourth-order valence-electron chi connectivity index (χ4n) is 4.09. The van der Waals surface area contributed by atoms with Crippen molar-refractivity contribution in [1.82, 2.24) is 9.80 Å². The van der Waals surface area contributed by atoms with E-state index in [9.17, 15) is 4.79 Å². The summed E-state index contributed by atoms with van der Waals surface area (Å²) in [6, 6.07) is 0.568. The molecule has 1 aliphatic carbocycles. The molecule has 2 N–H and O–H groups in total. The Hall–Kier alpha value is -0.680. The summed E-state index contributed by atoms with van der Waals surface area (Å²) in [7, 11) is 0. The highest BCUT2D eigenvalue weighted by atomic mass is 32.1. The number of piperazine rings is 1. The molecular formula is C14H23N3OS. The van der Waals surface area contributed by atoms with Crippen molar-refractivity contribution in [2.75, 3.05) is 26.2 Å². The summed E-state index contributed by atoms with van der Waals surface area (Å²) in [6.45, 7) is 6.09. The van der Waals surface area contributed by atoms with Crippen LogP contribution in [0.5, 0.6) is 0 Å². The lowest BCUT2D eigenvalue weighted by Crippen LogP contribution is -2.61. The lowest BCUT2D eigenvalue weighted by atomic mass is 9.61. The Balaban J connectivity index is 1.71. The first-order valence-corrected chi connectivity index (χ1v) is 7.77. The van der Waals surface area contributed by atoms with Gasteiger partial charge in [0.25, 0.3) is 0 Å². The van der Waals surface area contributed by atoms with Crippen LogP contribution < -0.4 is 5.73 Å². The van der Waals surface area contributed by atoms with Crippen LogP contribution in [0.1, 0.15) is 32.6 Å². The number of rotatable bonds is 2. The third-order valence-corrected chi connectivity index (χ3v) is 5.54. The minimum atomic E-state index is -0.518. The highest BCUT2D eigenvalue weighted by Gasteiger charge is 2.53. The lowest BCUT2D eigenvalue weighted by molar-refractivity contribution is -0.146. The number of nitrogens with zero attached hydrogens (tertiary/aromatic N) is 2. The van der Waals surface area contributed by atoms with Crippen molar-refractivity contribution < 1.29 is 4.79 Å². The van der Waals surface area contributed by atoms with E-state index in [1.54, 1.807) is 0 Å². The smallest absolute Gasteiger partial charge is 0.235 e. The SMILES string of the molecule is CC1CC(C(=O)N2CCN3CCCC3C2)(C(N)=S)C1. The molecule has 1 saturated carbocycles. The van der Waals surface area contributed by atoms with Crippen LogP contribution in [0, 0.1) is 11.3 Å². The topological polar surface area (TPSA) is 49.6 Å². The molecular weight excluding hydrogens is 258 g/mol. The van der Waals surface area contributed by atoms with E-state index in [1.807, 2.05) is 4.90 Å². The molecule has 5 heteroatoms. The van der Waals surface area contributed by atoms with Gasteiger partial charge in [-0.15, -0.1) is 0 Å². The van der Waals surface area contributed by atoms with E-state index < -0.39 is 5.41 Å². The number of carbonyl (C=O) groups excluding carboxylic acids is 1. The predicted octanol–water partition coefficient (Wildman–Crippen LogP) is 0.995. The van der Waals surface area contributed by atoms with Crippen molar-refractivity contribution >= 4 is 23.1 Å². The van der Waals surface area contributed by atoms with Gasteiger partial charge in [0.15, 0.2) is 0 Å². The number of fused-ring (bicyclic) bond motifs is 1. The minimum Gasteiger partial charge on any atom is -0.392 e. The summed E-state index contributed by atoms with van der Waals surface area (Å²) in [4.78, 5) is 17.8. The largest absolute Gasteiger partial charge is 0.392 e. The van der Waals surface area contributed by atoms with Gasteiger partial charge in [0, 0.05) is 25.7 Å². The Morgan fingerprint density at radius 2 is 2.05 bits per heavy atom. The molecule has 1 atom stereocenters. The molecule has 4 nitrogen and oxygen atoms in total. The van der Waals surface area contributed by atoms with Crippen LogP contribution in [0.3, 0.4) is 0 Å². The lowest BCUT2D eigenvalue weighted by Gasteiger charge is -2.48. The Kier molecular flexibility index (Phi) is 3.29. The van der Waals surface area contributed by atoms with Crippen molar-refractivity contribution in [3.05, 3.63) is 0 Å². The zero-order valence-corrected chi connectivity index (χ0v) is 12.4. The monoisotopic (exact) mass is 281 g/mol. The fourth-order valence-corrected chi connectivity index (χ4v) is 4.34.